The summed E-state index contributed by atoms with van der Waals surface area (Å²) in [5, 5.41) is 3.84. The molecule has 27 heavy (non-hydrogen) atoms. The van der Waals surface area contributed by atoms with Gasteiger partial charge in [-0.3, -0.25) is 9.80 Å². The zero-order chi connectivity index (χ0) is 19.6. The van der Waals surface area contributed by atoms with Gasteiger partial charge < -0.3 is 10.2 Å². The highest BCUT2D eigenvalue weighted by Crippen LogP contribution is 2.26. The van der Waals surface area contributed by atoms with E-state index in [1.54, 1.807) is 18.2 Å². The number of nitrogens with one attached hydrogen (secondary N) is 1. The van der Waals surface area contributed by atoms with Gasteiger partial charge in [-0.25, -0.2) is 4.79 Å². The summed E-state index contributed by atoms with van der Waals surface area (Å²) in [5.41, 5.74) is 0.931. The van der Waals surface area contributed by atoms with E-state index in [-0.39, 0.29) is 11.6 Å². The number of likely N-dealkylation sites (tertiary alicyclic amines) is 1. The molecule has 0 spiro atoms. The van der Waals surface area contributed by atoms with Crippen LogP contribution >= 0.6 is 23.2 Å². The molecule has 3 rings (SSSR count). The summed E-state index contributed by atoms with van der Waals surface area (Å²) in [6.07, 6.45) is 1.27. The molecule has 150 valence electrons. The Morgan fingerprint density at radius 2 is 1.81 bits per heavy atom. The minimum atomic E-state index is -0.0761. The predicted molar refractivity (Wildman–Crippen MR) is 113 cm³/mol. The van der Waals surface area contributed by atoms with Crippen molar-refractivity contribution in [2.75, 3.05) is 51.1 Å². The number of rotatable bonds is 3. The standard InChI is InChI=1S/C20H30Cl2N4O/c1-20(2,3)26-7-6-15(14-26)13-24-8-10-25(11-9-24)19(27)23-16-4-5-17(21)18(22)12-16/h4-5,12,15H,6-11,13-14H2,1-3H3,(H,23,27). The van der Waals surface area contributed by atoms with Gasteiger partial charge in [0.05, 0.1) is 10.0 Å². The van der Waals surface area contributed by atoms with Crippen LogP contribution in [0.25, 0.3) is 0 Å². The highest BCUT2D eigenvalue weighted by atomic mass is 35.5. The van der Waals surface area contributed by atoms with E-state index in [9.17, 15) is 4.79 Å². The van der Waals surface area contributed by atoms with E-state index in [2.05, 4.69) is 35.9 Å². The van der Waals surface area contributed by atoms with Crippen LogP contribution in [0.2, 0.25) is 10.0 Å². The fourth-order valence-electron chi connectivity index (χ4n) is 3.87. The lowest BCUT2D eigenvalue weighted by atomic mass is 10.1. The molecule has 5 nitrogen and oxygen atoms in total. The second kappa shape index (κ2) is 8.56. The third-order valence-electron chi connectivity index (χ3n) is 5.58. The highest BCUT2D eigenvalue weighted by Gasteiger charge is 2.32. The molecule has 1 unspecified atom stereocenters. The highest BCUT2D eigenvalue weighted by molar-refractivity contribution is 6.42. The number of hydrogen-bond donors (Lipinski definition) is 1. The van der Waals surface area contributed by atoms with Crippen molar-refractivity contribution in [3.63, 3.8) is 0 Å². The van der Waals surface area contributed by atoms with E-state index >= 15 is 0 Å². The summed E-state index contributed by atoms with van der Waals surface area (Å²) < 4.78 is 0. The monoisotopic (exact) mass is 412 g/mol. The number of anilines is 1. The molecule has 2 heterocycles. The summed E-state index contributed by atoms with van der Waals surface area (Å²) in [6, 6.07) is 5.07. The molecule has 2 aliphatic rings. The van der Waals surface area contributed by atoms with Crippen molar-refractivity contribution in [2.24, 2.45) is 5.92 Å². The first-order chi connectivity index (χ1) is 12.7. The molecule has 0 aliphatic carbocycles. The van der Waals surface area contributed by atoms with Crippen LogP contribution in [0.5, 0.6) is 0 Å². The maximum Gasteiger partial charge on any atom is 0.321 e. The lowest BCUT2D eigenvalue weighted by molar-refractivity contribution is 0.126. The summed E-state index contributed by atoms with van der Waals surface area (Å²) >= 11 is 11.9. The molecule has 1 aromatic rings. The third kappa shape index (κ3) is 5.50. The first-order valence-electron chi connectivity index (χ1n) is 9.71. The van der Waals surface area contributed by atoms with Gasteiger partial charge in [-0.05, 0) is 57.9 Å². The van der Waals surface area contributed by atoms with E-state index in [1.165, 1.54) is 19.5 Å². The fraction of sp³-hybridized carbons (Fsp3) is 0.650. The number of halogens is 2. The molecule has 2 amide bonds. The number of amides is 2. The predicted octanol–water partition coefficient (Wildman–Crippen LogP) is 4.26. The van der Waals surface area contributed by atoms with Crippen LogP contribution in [0.1, 0.15) is 27.2 Å². The minimum absolute atomic E-state index is 0.0761. The molecule has 0 aromatic heterocycles. The average molecular weight is 413 g/mol. The molecule has 7 heteroatoms. The van der Waals surface area contributed by atoms with Crippen LogP contribution in [0.4, 0.5) is 10.5 Å². The molecular weight excluding hydrogens is 383 g/mol. The molecule has 0 radical (unpaired) electrons. The molecule has 2 saturated heterocycles. The zero-order valence-corrected chi connectivity index (χ0v) is 18.0. The largest absolute Gasteiger partial charge is 0.322 e. The van der Waals surface area contributed by atoms with Crippen molar-refractivity contribution in [3.05, 3.63) is 28.2 Å². The van der Waals surface area contributed by atoms with Crippen molar-refractivity contribution in [2.45, 2.75) is 32.7 Å². The van der Waals surface area contributed by atoms with Crippen molar-refractivity contribution in [3.8, 4) is 0 Å². The maximum absolute atomic E-state index is 12.5. The lowest BCUT2D eigenvalue weighted by Gasteiger charge is -2.36. The second-order valence-corrected chi connectivity index (χ2v) is 9.43. The van der Waals surface area contributed by atoms with Crippen molar-refractivity contribution in [1.29, 1.82) is 0 Å². The van der Waals surface area contributed by atoms with Gasteiger partial charge in [0.15, 0.2) is 0 Å². The van der Waals surface area contributed by atoms with Crippen LogP contribution in [0, 0.1) is 5.92 Å². The maximum atomic E-state index is 12.5. The number of carbonyl (C=O) groups is 1. The van der Waals surface area contributed by atoms with E-state index in [1.807, 2.05) is 4.90 Å². The van der Waals surface area contributed by atoms with Crippen molar-refractivity contribution in [1.82, 2.24) is 14.7 Å². The smallest absolute Gasteiger partial charge is 0.321 e. The Kier molecular flexibility index (Phi) is 6.57. The van der Waals surface area contributed by atoms with Gasteiger partial charge in [0.2, 0.25) is 0 Å². The quantitative estimate of drug-likeness (QED) is 0.805. The second-order valence-electron chi connectivity index (χ2n) is 8.62. The van der Waals surface area contributed by atoms with Gasteiger partial charge in [-0.1, -0.05) is 23.2 Å². The van der Waals surface area contributed by atoms with Crippen LogP contribution in [0.15, 0.2) is 18.2 Å². The van der Waals surface area contributed by atoms with Gasteiger partial charge in [0, 0.05) is 50.5 Å². The molecule has 1 atom stereocenters. The fourth-order valence-corrected chi connectivity index (χ4v) is 4.16. The van der Waals surface area contributed by atoms with Gasteiger partial charge in [0.25, 0.3) is 0 Å². The van der Waals surface area contributed by atoms with Crippen LogP contribution < -0.4 is 5.32 Å². The molecule has 2 fully saturated rings. The van der Waals surface area contributed by atoms with Crippen LogP contribution in [0.3, 0.4) is 0 Å². The normalized spacial score (nSPS) is 22.3. The number of benzene rings is 1. The van der Waals surface area contributed by atoms with Gasteiger partial charge >= 0.3 is 6.03 Å². The Balaban J connectivity index is 1.43. The Morgan fingerprint density at radius 3 is 2.41 bits per heavy atom. The first-order valence-corrected chi connectivity index (χ1v) is 10.5. The zero-order valence-electron chi connectivity index (χ0n) is 16.5. The molecular formula is C20H30Cl2N4O. The molecule has 0 bridgehead atoms. The topological polar surface area (TPSA) is 38.8 Å². The molecule has 2 aliphatic heterocycles. The Bertz CT molecular complexity index is 668. The van der Waals surface area contributed by atoms with Gasteiger partial charge in [-0.15, -0.1) is 0 Å². The SMILES string of the molecule is CC(C)(C)N1CCC(CN2CCN(C(=O)Nc3ccc(Cl)c(Cl)c3)CC2)C1. The third-order valence-corrected chi connectivity index (χ3v) is 6.32. The van der Waals surface area contributed by atoms with Gasteiger partial charge in [0.1, 0.15) is 0 Å². The van der Waals surface area contributed by atoms with Gasteiger partial charge in [-0.2, -0.15) is 0 Å². The van der Waals surface area contributed by atoms with Crippen LogP contribution in [-0.4, -0.2) is 72.1 Å². The van der Waals surface area contributed by atoms with E-state index in [4.69, 9.17) is 23.2 Å². The van der Waals surface area contributed by atoms with Crippen LogP contribution in [-0.2, 0) is 0 Å². The van der Waals surface area contributed by atoms with E-state index < -0.39 is 0 Å². The van der Waals surface area contributed by atoms with Crippen molar-refractivity contribution < 1.29 is 4.79 Å². The Labute approximate surface area is 172 Å². The molecule has 1 N–H and O–H groups in total. The minimum Gasteiger partial charge on any atom is -0.322 e. The number of carbonyl (C=O) groups excluding carboxylic acids is 1. The van der Waals surface area contributed by atoms with E-state index in [0.29, 0.717) is 15.7 Å². The van der Waals surface area contributed by atoms with E-state index in [0.717, 1.165) is 38.6 Å². The van der Waals surface area contributed by atoms with Crippen molar-refractivity contribution >= 4 is 34.9 Å². The average Bonchev–Trinajstić information content (AvgIpc) is 3.08. The summed E-state index contributed by atoms with van der Waals surface area (Å²) in [7, 11) is 0. The lowest BCUT2D eigenvalue weighted by Crippen LogP contribution is -2.51. The Hall–Kier alpha value is -1.01. The number of nitrogens with zero attached hydrogens (tertiary/aromatic N) is 3. The molecule has 0 saturated carbocycles. The Morgan fingerprint density at radius 1 is 1.11 bits per heavy atom. The summed E-state index contributed by atoms with van der Waals surface area (Å²) in [5.74, 6) is 0.737. The number of hydrogen-bond acceptors (Lipinski definition) is 3. The summed E-state index contributed by atoms with van der Waals surface area (Å²) in [6.45, 7) is 13.8. The molecule has 1 aromatic carbocycles. The number of piperazine rings is 1. The first kappa shape index (κ1) is 20.7. The number of urea groups is 1. The summed E-state index contributed by atoms with van der Waals surface area (Å²) in [4.78, 5) is 19.4.